The van der Waals surface area contributed by atoms with E-state index >= 15 is 0 Å². The first-order valence-corrected chi connectivity index (χ1v) is 9.79. The predicted molar refractivity (Wildman–Crippen MR) is 111 cm³/mol. The molecule has 0 bridgehead atoms. The number of urea groups is 1. The lowest BCUT2D eigenvalue weighted by Crippen LogP contribution is -2.44. The van der Waals surface area contributed by atoms with Crippen molar-refractivity contribution in [2.75, 3.05) is 11.9 Å². The quantitative estimate of drug-likeness (QED) is 0.652. The minimum Gasteiger partial charge on any atom is -0.348 e. The van der Waals surface area contributed by atoms with Gasteiger partial charge in [0.05, 0.1) is 12.2 Å². The topological polar surface area (TPSA) is 65.5 Å². The number of rotatable bonds is 5. The normalized spacial score (nSPS) is 13.2. The van der Waals surface area contributed by atoms with Gasteiger partial charge in [-0.25, -0.2) is 18.0 Å². The minimum atomic E-state index is -1.08. The molecule has 0 radical (unpaired) electrons. The Kier molecular flexibility index (Phi) is 5.81. The summed E-state index contributed by atoms with van der Waals surface area (Å²) in [6.07, 6.45) is 3.26. The molecule has 6 nitrogen and oxygen atoms in total. The van der Waals surface area contributed by atoms with Gasteiger partial charge in [0.2, 0.25) is 0 Å². The maximum atomic E-state index is 13.8. The highest BCUT2D eigenvalue weighted by Crippen LogP contribution is 2.30. The van der Waals surface area contributed by atoms with E-state index in [-0.39, 0.29) is 18.1 Å². The van der Waals surface area contributed by atoms with Gasteiger partial charge in [-0.15, -0.1) is 0 Å². The number of hydrogen-bond acceptors (Lipinski definition) is 3. The number of anilines is 1. The fraction of sp³-hybridized carbons (Fsp3) is 0.174. The second-order valence-corrected chi connectivity index (χ2v) is 7.45. The molecule has 0 fully saturated rings. The second-order valence-electron chi connectivity index (χ2n) is 7.45. The molecule has 164 valence electrons. The number of benzene rings is 2. The van der Waals surface area contributed by atoms with Gasteiger partial charge in [0.15, 0.2) is 0 Å². The average molecular weight is 440 g/mol. The van der Waals surface area contributed by atoms with Crippen molar-refractivity contribution in [3.63, 3.8) is 0 Å². The molecular formula is C23H19F3N4O2. The van der Waals surface area contributed by atoms with Gasteiger partial charge >= 0.3 is 6.03 Å². The molecule has 2 aromatic carbocycles. The fourth-order valence-corrected chi connectivity index (χ4v) is 3.56. The molecule has 9 heteroatoms. The fourth-order valence-electron chi connectivity index (χ4n) is 3.56. The van der Waals surface area contributed by atoms with Crippen LogP contribution in [0.1, 0.15) is 27.0 Å². The Hall–Kier alpha value is -3.88. The van der Waals surface area contributed by atoms with Crippen molar-refractivity contribution in [1.82, 2.24) is 15.2 Å². The van der Waals surface area contributed by atoms with Gasteiger partial charge in [-0.1, -0.05) is 6.07 Å². The van der Waals surface area contributed by atoms with Crippen LogP contribution in [-0.2, 0) is 19.6 Å². The first kappa shape index (κ1) is 21.4. The highest BCUT2D eigenvalue weighted by molar-refractivity contribution is 5.99. The number of carbonyl (C=O) groups excluding carboxylic acids is 2. The van der Waals surface area contributed by atoms with Crippen LogP contribution < -0.4 is 10.2 Å². The summed E-state index contributed by atoms with van der Waals surface area (Å²) in [4.78, 5) is 32.6. The van der Waals surface area contributed by atoms with Crippen LogP contribution in [0.15, 0.2) is 54.9 Å². The van der Waals surface area contributed by atoms with Gasteiger partial charge in [0, 0.05) is 55.8 Å². The molecule has 0 unspecified atom stereocenters. The van der Waals surface area contributed by atoms with Gasteiger partial charge in [0.1, 0.15) is 17.5 Å². The van der Waals surface area contributed by atoms with E-state index in [1.54, 1.807) is 59.6 Å². The Morgan fingerprint density at radius 2 is 1.75 bits per heavy atom. The van der Waals surface area contributed by atoms with E-state index in [0.29, 0.717) is 24.4 Å². The number of nitrogens with zero attached hydrogens (tertiary/aromatic N) is 3. The molecule has 1 aromatic heterocycles. The van der Waals surface area contributed by atoms with Gasteiger partial charge in [-0.05, 0) is 35.4 Å². The number of amides is 3. The summed E-state index contributed by atoms with van der Waals surface area (Å²) < 4.78 is 40.8. The number of fused-ring (bicyclic) bond motifs is 1. The molecule has 2 heterocycles. The molecule has 0 spiro atoms. The van der Waals surface area contributed by atoms with E-state index in [9.17, 15) is 22.8 Å². The highest BCUT2D eigenvalue weighted by Gasteiger charge is 2.29. The average Bonchev–Trinajstić information content (AvgIpc) is 2.76. The molecule has 0 saturated heterocycles. The monoisotopic (exact) mass is 440 g/mol. The van der Waals surface area contributed by atoms with Crippen molar-refractivity contribution in [3.8, 4) is 0 Å². The molecule has 4 rings (SSSR count). The van der Waals surface area contributed by atoms with Crippen LogP contribution in [-0.4, -0.2) is 28.9 Å². The van der Waals surface area contributed by atoms with Crippen molar-refractivity contribution >= 4 is 17.6 Å². The first-order chi connectivity index (χ1) is 15.3. The van der Waals surface area contributed by atoms with E-state index in [2.05, 4.69) is 10.3 Å². The number of aromatic nitrogens is 1. The Labute approximate surface area is 182 Å². The lowest BCUT2D eigenvalue weighted by molar-refractivity contribution is 0.0950. The number of pyridine rings is 1. The van der Waals surface area contributed by atoms with Crippen molar-refractivity contribution < 1.29 is 22.8 Å². The lowest BCUT2D eigenvalue weighted by Gasteiger charge is -2.35. The molecule has 0 saturated carbocycles. The summed E-state index contributed by atoms with van der Waals surface area (Å²) in [7, 11) is 1.69. The molecule has 0 aliphatic carbocycles. The third-order valence-electron chi connectivity index (χ3n) is 5.22. The molecule has 1 aliphatic rings. The SMILES string of the molecule is CN1Cc2ccc(C(=O)NCc3c(F)cc(F)cc3F)cc2N(Cc2ccncc2)C1=O. The zero-order valence-electron chi connectivity index (χ0n) is 17.1. The standard InChI is InChI=1S/C23H19F3N4O2/c1-29-13-16-3-2-15(22(31)28-11-18-19(25)9-17(24)10-20(18)26)8-21(16)30(23(29)32)12-14-4-6-27-7-5-14/h2-10H,11-13H2,1H3,(H,28,31). The highest BCUT2D eigenvalue weighted by atomic mass is 19.1. The summed E-state index contributed by atoms with van der Waals surface area (Å²) in [6, 6.07) is 9.39. The molecule has 32 heavy (non-hydrogen) atoms. The minimum absolute atomic E-state index is 0.220. The smallest absolute Gasteiger partial charge is 0.324 e. The van der Waals surface area contributed by atoms with E-state index in [0.717, 1.165) is 11.1 Å². The molecule has 0 atom stereocenters. The third-order valence-corrected chi connectivity index (χ3v) is 5.22. The maximum absolute atomic E-state index is 13.8. The summed E-state index contributed by atoms with van der Waals surface area (Å²) >= 11 is 0. The second kappa shape index (κ2) is 8.70. The Bertz CT molecular complexity index is 1160. The van der Waals surface area contributed by atoms with Crippen LogP contribution in [0, 0.1) is 17.5 Å². The van der Waals surface area contributed by atoms with Gasteiger partial charge in [-0.3, -0.25) is 14.7 Å². The molecule has 1 aliphatic heterocycles. The van der Waals surface area contributed by atoms with Crippen LogP contribution in [0.25, 0.3) is 0 Å². The molecule has 3 aromatic rings. The zero-order chi connectivity index (χ0) is 22.8. The van der Waals surface area contributed by atoms with E-state index in [1.807, 2.05) is 0 Å². The summed E-state index contributed by atoms with van der Waals surface area (Å²) in [5.41, 5.74) is 2.09. The van der Waals surface area contributed by atoms with E-state index < -0.39 is 35.5 Å². The predicted octanol–water partition coefficient (Wildman–Crippen LogP) is 4.00. The van der Waals surface area contributed by atoms with Crippen molar-refractivity contribution in [3.05, 3.63) is 94.6 Å². The molecule has 1 N–H and O–H groups in total. The molecular weight excluding hydrogens is 421 g/mol. The van der Waals surface area contributed by atoms with Gasteiger partial charge in [0.25, 0.3) is 5.91 Å². The molecule has 3 amide bonds. The maximum Gasteiger partial charge on any atom is 0.324 e. The van der Waals surface area contributed by atoms with E-state index in [1.165, 1.54) is 0 Å². The third kappa shape index (κ3) is 4.27. The number of nitrogens with one attached hydrogen (secondary N) is 1. The first-order valence-electron chi connectivity index (χ1n) is 9.79. The van der Waals surface area contributed by atoms with Crippen LogP contribution in [0.3, 0.4) is 0 Å². The van der Waals surface area contributed by atoms with Crippen LogP contribution in [0.4, 0.5) is 23.7 Å². The van der Waals surface area contributed by atoms with Crippen molar-refractivity contribution in [1.29, 1.82) is 0 Å². The summed E-state index contributed by atoms with van der Waals surface area (Å²) in [6.45, 7) is 0.223. The van der Waals surface area contributed by atoms with Crippen LogP contribution >= 0.6 is 0 Å². The zero-order valence-corrected chi connectivity index (χ0v) is 17.1. The number of carbonyl (C=O) groups is 2. The summed E-state index contributed by atoms with van der Waals surface area (Å²) in [5, 5.41) is 2.44. The number of halogens is 3. The largest absolute Gasteiger partial charge is 0.348 e. The summed E-state index contributed by atoms with van der Waals surface area (Å²) in [5.74, 6) is -3.77. The number of hydrogen-bond donors (Lipinski definition) is 1. The van der Waals surface area contributed by atoms with E-state index in [4.69, 9.17) is 0 Å². The Morgan fingerprint density at radius 3 is 2.44 bits per heavy atom. The van der Waals surface area contributed by atoms with Crippen LogP contribution in [0.2, 0.25) is 0 Å². The van der Waals surface area contributed by atoms with Gasteiger partial charge < -0.3 is 10.2 Å². The van der Waals surface area contributed by atoms with Crippen LogP contribution in [0.5, 0.6) is 0 Å². The van der Waals surface area contributed by atoms with Crippen molar-refractivity contribution in [2.45, 2.75) is 19.6 Å². The van der Waals surface area contributed by atoms with Crippen molar-refractivity contribution in [2.24, 2.45) is 0 Å². The Balaban J connectivity index is 1.58. The lowest BCUT2D eigenvalue weighted by atomic mass is 10.0. The van der Waals surface area contributed by atoms with Gasteiger partial charge in [-0.2, -0.15) is 0 Å². The Morgan fingerprint density at radius 1 is 1.06 bits per heavy atom.